The fourth-order valence-corrected chi connectivity index (χ4v) is 2.07. The van der Waals surface area contributed by atoms with Gasteiger partial charge in [-0.2, -0.15) is 0 Å². The van der Waals surface area contributed by atoms with E-state index in [4.69, 9.17) is 0 Å². The minimum absolute atomic E-state index is 0.328. The number of thiazole rings is 1. The van der Waals surface area contributed by atoms with E-state index in [-0.39, 0.29) is 0 Å². The monoisotopic (exact) mass is 234 g/mol. The summed E-state index contributed by atoms with van der Waals surface area (Å²) in [5.41, 5.74) is 1.82. The van der Waals surface area contributed by atoms with Crippen molar-refractivity contribution in [3.63, 3.8) is 0 Å². The first kappa shape index (κ1) is 11.0. The van der Waals surface area contributed by atoms with Crippen molar-refractivity contribution in [3.05, 3.63) is 35.3 Å². The molecule has 0 aliphatic heterocycles. The van der Waals surface area contributed by atoms with Gasteiger partial charge in [0.1, 0.15) is 5.75 Å². The first-order valence-electron chi connectivity index (χ1n) is 5.16. The molecule has 1 heterocycles. The highest BCUT2D eigenvalue weighted by Crippen LogP contribution is 2.29. The number of nitrogens with zero attached hydrogens (tertiary/aromatic N) is 1. The van der Waals surface area contributed by atoms with Gasteiger partial charge in [0.15, 0.2) is 5.13 Å². The Hall–Kier alpha value is -1.55. The number of aromatic nitrogens is 1. The molecule has 16 heavy (non-hydrogen) atoms. The van der Waals surface area contributed by atoms with Gasteiger partial charge < -0.3 is 10.4 Å². The van der Waals surface area contributed by atoms with Crippen LogP contribution in [0.1, 0.15) is 25.3 Å². The molecule has 0 atom stereocenters. The Bertz CT molecular complexity index is 466. The molecular weight excluding hydrogens is 220 g/mol. The van der Waals surface area contributed by atoms with Crippen LogP contribution in [0.25, 0.3) is 0 Å². The molecule has 0 aliphatic carbocycles. The minimum Gasteiger partial charge on any atom is -0.508 e. The molecule has 1 aromatic heterocycles. The number of aromatic hydroxyl groups is 1. The molecule has 0 aliphatic rings. The van der Waals surface area contributed by atoms with Crippen LogP contribution in [0.2, 0.25) is 0 Å². The molecule has 0 amide bonds. The zero-order valence-corrected chi connectivity index (χ0v) is 10.1. The maximum Gasteiger partial charge on any atom is 0.187 e. The molecule has 3 nitrogen and oxygen atoms in total. The molecule has 0 spiro atoms. The molecule has 0 radical (unpaired) electrons. The summed E-state index contributed by atoms with van der Waals surface area (Å²) >= 11 is 1.53. The van der Waals surface area contributed by atoms with Crippen LogP contribution >= 0.6 is 11.3 Å². The number of benzene rings is 1. The van der Waals surface area contributed by atoms with Crippen molar-refractivity contribution in [2.75, 3.05) is 5.32 Å². The fraction of sp³-hybridized carbons (Fsp3) is 0.250. The predicted octanol–water partition coefficient (Wildman–Crippen LogP) is 3.72. The molecule has 2 N–H and O–H groups in total. The van der Waals surface area contributed by atoms with E-state index < -0.39 is 0 Å². The third kappa shape index (κ3) is 2.33. The molecule has 1 aromatic carbocycles. The van der Waals surface area contributed by atoms with Crippen LogP contribution in [0.5, 0.6) is 5.75 Å². The standard InChI is InChI=1S/C12H14N2OS/c1-8(2)10-4-3-9(7-11(10)15)14-12-13-5-6-16-12/h3-8,15H,1-2H3,(H,13,14). The SMILES string of the molecule is CC(C)c1ccc(Nc2nccs2)cc1O. The summed E-state index contributed by atoms with van der Waals surface area (Å²) < 4.78 is 0. The van der Waals surface area contributed by atoms with Crippen LogP contribution < -0.4 is 5.32 Å². The molecule has 0 saturated heterocycles. The Balaban J connectivity index is 2.21. The van der Waals surface area contributed by atoms with Crippen molar-refractivity contribution in [2.24, 2.45) is 0 Å². The highest BCUT2D eigenvalue weighted by Gasteiger charge is 2.06. The van der Waals surface area contributed by atoms with Crippen LogP contribution in [-0.2, 0) is 0 Å². The summed E-state index contributed by atoms with van der Waals surface area (Å²) in [6.45, 7) is 4.12. The third-order valence-corrected chi connectivity index (χ3v) is 3.02. The maximum atomic E-state index is 9.83. The van der Waals surface area contributed by atoms with E-state index in [1.807, 2.05) is 17.5 Å². The highest BCUT2D eigenvalue weighted by atomic mass is 32.1. The lowest BCUT2D eigenvalue weighted by Gasteiger charge is -2.10. The normalized spacial score (nSPS) is 10.7. The van der Waals surface area contributed by atoms with Gasteiger partial charge in [-0.05, 0) is 17.5 Å². The van der Waals surface area contributed by atoms with Crippen LogP contribution in [0.3, 0.4) is 0 Å². The largest absolute Gasteiger partial charge is 0.508 e. The van der Waals surface area contributed by atoms with E-state index in [2.05, 4.69) is 24.1 Å². The lowest BCUT2D eigenvalue weighted by molar-refractivity contribution is 0.465. The van der Waals surface area contributed by atoms with Crippen LogP contribution in [0.15, 0.2) is 29.8 Å². The van der Waals surface area contributed by atoms with Gasteiger partial charge in [0.2, 0.25) is 0 Å². The summed E-state index contributed by atoms with van der Waals surface area (Å²) in [7, 11) is 0. The Morgan fingerprint density at radius 2 is 2.19 bits per heavy atom. The average molecular weight is 234 g/mol. The van der Waals surface area contributed by atoms with Gasteiger partial charge in [-0.1, -0.05) is 19.9 Å². The lowest BCUT2D eigenvalue weighted by Crippen LogP contribution is -1.92. The van der Waals surface area contributed by atoms with Crippen molar-refractivity contribution in [1.82, 2.24) is 4.98 Å². The zero-order valence-electron chi connectivity index (χ0n) is 9.27. The van der Waals surface area contributed by atoms with Crippen LogP contribution in [0, 0.1) is 0 Å². The van der Waals surface area contributed by atoms with Crippen molar-refractivity contribution < 1.29 is 5.11 Å². The van der Waals surface area contributed by atoms with Crippen molar-refractivity contribution in [2.45, 2.75) is 19.8 Å². The van der Waals surface area contributed by atoms with Crippen LogP contribution in [0.4, 0.5) is 10.8 Å². The minimum atomic E-state index is 0.328. The fourth-order valence-electron chi connectivity index (χ4n) is 1.52. The average Bonchev–Trinajstić information content (AvgIpc) is 2.70. The molecule has 0 fully saturated rings. The van der Waals surface area contributed by atoms with Crippen molar-refractivity contribution >= 4 is 22.2 Å². The molecular formula is C12H14N2OS. The maximum absolute atomic E-state index is 9.83. The summed E-state index contributed by atoms with van der Waals surface area (Å²) in [4.78, 5) is 4.12. The number of hydrogen-bond acceptors (Lipinski definition) is 4. The van der Waals surface area contributed by atoms with Crippen molar-refractivity contribution in [1.29, 1.82) is 0 Å². The smallest absolute Gasteiger partial charge is 0.187 e. The topological polar surface area (TPSA) is 45.2 Å². The number of nitrogens with one attached hydrogen (secondary N) is 1. The second-order valence-corrected chi connectivity index (χ2v) is 4.79. The molecule has 2 aromatic rings. The lowest BCUT2D eigenvalue weighted by atomic mass is 10.0. The summed E-state index contributed by atoms with van der Waals surface area (Å²) in [5.74, 6) is 0.658. The van der Waals surface area contributed by atoms with E-state index in [1.165, 1.54) is 11.3 Å². The number of rotatable bonds is 3. The van der Waals surface area contributed by atoms with Gasteiger partial charge in [0.25, 0.3) is 0 Å². The number of hydrogen-bond donors (Lipinski definition) is 2. The van der Waals surface area contributed by atoms with Gasteiger partial charge in [-0.15, -0.1) is 11.3 Å². The van der Waals surface area contributed by atoms with Gasteiger partial charge in [-0.3, -0.25) is 0 Å². The number of phenolic OH excluding ortho intramolecular Hbond substituents is 1. The number of phenols is 1. The van der Waals surface area contributed by atoms with E-state index in [0.717, 1.165) is 16.4 Å². The Morgan fingerprint density at radius 3 is 2.75 bits per heavy atom. The Morgan fingerprint density at radius 1 is 1.38 bits per heavy atom. The van der Waals surface area contributed by atoms with Crippen molar-refractivity contribution in [3.8, 4) is 5.75 Å². The summed E-state index contributed by atoms with van der Waals surface area (Å²) in [6.07, 6.45) is 1.75. The van der Waals surface area contributed by atoms with E-state index in [9.17, 15) is 5.11 Å². The number of anilines is 2. The molecule has 4 heteroatoms. The molecule has 0 saturated carbocycles. The predicted molar refractivity (Wildman–Crippen MR) is 67.6 cm³/mol. The summed E-state index contributed by atoms with van der Waals surface area (Å²) in [5, 5.41) is 15.7. The van der Waals surface area contributed by atoms with Gasteiger partial charge >= 0.3 is 0 Å². The zero-order chi connectivity index (χ0) is 11.5. The first-order chi connectivity index (χ1) is 7.66. The molecule has 2 rings (SSSR count). The second-order valence-electron chi connectivity index (χ2n) is 3.89. The van der Waals surface area contributed by atoms with Gasteiger partial charge in [0, 0.05) is 23.3 Å². The van der Waals surface area contributed by atoms with E-state index in [0.29, 0.717) is 11.7 Å². The molecule has 0 unspecified atom stereocenters. The van der Waals surface area contributed by atoms with Gasteiger partial charge in [-0.25, -0.2) is 4.98 Å². The Kier molecular flexibility index (Phi) is 3.10. The molecule has 84 valence electrons. The third-order valence-electron chi connectivity index (χ3n) is 2.34. The summed E-state index contributed by atoms with van der Waals surface area (Å²) in [6, 6.07) is 5.63. The van der Waals surface area contributed by atoms with E-state index in [1.54, 1.807) is 12.3 Å². The van der Waals surface area contributed by atoms with Crippen LogP contribution in [-0.4, -0.2) is 10.1 Å². The quantitative estimate of drug-likeness (QED) is 0.850. The Labute approximate surface area is 98.8 Å². The second kappa shape index (κ2) is 4.53. The first-order valence-corrected chi connectivity index (χ1v) is 6.04. The molecule has 0 bridgehead atoms. The van der Waals surface area contributed by atoms with Gasteiger partial charge in [0.05, 0.1) is 0 Å². The van der Waals surface area contributed by atoms with E-state index >= 15 is 0 Å². The highest BCUT2D eigenvalue weighted by molar-refractivity contribution is 7.13.